The number of morpholine rings is 1. The first-order valence-corrected chi connectivity index (χ1v) is 6.98. The van der Waals surface area contributed by atoms with Crippen LogP contribution in [0.25, 0.3) is 0 Å². The lowest BCUT2D eigenvalue weighted by molar-refractivity contribution is -0.166. The number of nitrogens with zero attached hydrogens (tertiary/aromatic N) is 1. The maximum absolute atomic E-state index is 11.5. The van der Waals surface area contributed by atoms with Gasteiger partial charge in [0.2, 0.25) is 0 Å². The number of carbonyl (C=O) groups is 1. The average molecular weight is 290 g/mol. The second-order valence-corrected chi connectivity index (χ2v) is 6.16. The van der Waals surface area contributed by atoms with Crippen molar-refractivity contribution in [2.75, 3.05) is 20.2 Å². The van der Waals surface area contributed by atoms with Gasteiger partial charge in [-0.1, -0.05) is 11.6 Å². The number of thiophene rings is 1. The highest BCUT2D eigenvalue weighted by molar-refractivity contribution is 7.16. The third kappa shape index (κ3) is 3.45. The van der Waals surface area contributed by atoms with Gasteiger partial charge >= 0.3 is 5.97 Å². The van der Waals surface area contributed by atoms with Crippen molar-refractivity contribution in [3.8, 4) is 0 Å². The second-order valence-electron chi connectivity index (χ2n) is 4.36. The summed E-state index contributed by atoms with van der Waals surface area (Å²) in [4.78, 5) is 14.9. The molecule has 1 aliphatic rings. The van der Waals surface area contributed by atoms with Gasteiger partial charge in [-0.05, 0) is 19.1 Å². The van der Waals surface area contributed by atoms with Crippen molar-refractivity contribution in [1.29, 1.82) is 0 Å². The second kappa shape index (κ2) is 6.02. The highest BCUT2D eigenvalue weighted by atomic mass is 35.5. The Bertz CT molecular complexity index is 423. The van der Waals surface area contributed by atoms with E-state index in [-0.39, 0.29) is 12.1 Å². The lowest BCUT2D eigenvalue weighted by Gasteiger charge is -2.35. The number of halogens is 1. The molecular formula is C12H16ClNO3S. The van der Waals surface area contributed by atoms with Crippen LogP contribution in [0.5, 0.6) is 0 Å². The molecule has 2 atom stereocenters. The zero-order chi connectivity index (χ0) is 13.1. The largest absolute Gasteiger partial charge is 0.467 e. The molecule has 0 radical (unpaired) electrons. The van der Waals surface area contributed by atoms with Crippen molar-refractivity contribution < 1.29 is 14.3 Å². The van der Waals surface area contributed by atoms with Gasteiger partial charge in [-0.25, -0.2) is 4.79 Å². The molecule has 1 aromatic heterocycles. The van der Waals surface area contributed by atoms with Crippen LogP contribution in [0.4, 0.5) is 0 Å². The van der Waals surface area contributed by atoms with Gasteiger partial charge in [0.05, 0.1) is 17.6 Å². The fourth-order valence-electron chi connectivity index (χ4n) is 2.09. The fraction of sp³-hybridized carbons (Fsp3) is 0.583. The molecule has 1 fully saturated rings. The van der Waals surface area contributed by atoms with Gasteiger partial charge in [0, 0.05) is 24.5 Å². The maximum Gasteiger partial charge on any atom is 0.336 e. The third-order valence-electron chi connectivity index (χ3n) is 2.81. The minimum Gasteiger partial charge on any atom is -0.467 e. The molecule has 0 spiro atoms. The zero-order valence-electron chi connectivity index (χ0n) is 10.4. The summed E-state index contributed by atoms with van der Waals surface area (Å²) in [6, 6.07) is 3.91. The number of ether oxygens (including phenoxy) is 2. The first kappa shape index (κ1) is 13.8. The van der Waals surface area contributed by atoms with Crippen LogP contribution < -0.4 is 0 Å². The van der Waals surface area contributed by atoms with E-state index in [1.807, 2.05) is 19.1 Å². The summed E-state index contributed by atoms with van der Waals surface area (Å²) in [6.45, 7) is 4.12. The van der Waals surface area contributed by atoms with Crippen LogP contribution in [0.2, 0.25) is 4.34 Å². The maximum atomic E-state index is 11.5. The number of esters is 1. The minimum absolute atomic E-state index is 0.0262. The summed E-state index contributed by atoms with van der Waals surface area (Å²) in [5.41, 5.74) is 0. The Balaban J connectivity index is 1.98. The molecule has 18 heavy (non-hydrogen) atoms. The molecule has 6 heteroatoms. The SMILES string of the molecule is COC(=O)C1CN(Cc2ccc(Cl)s2)C[C@@H](C)O1. The Morgan fingerprint density at radius 1 is 1.61 bits per heavy atom. The molecule has 0 saturated carbocycles. The Kier molecular flexibility index (Phi) is 4.61. The average Bonchev–Trinajstić information content (AvgIpc) is 2.73. The number of carbonyl (C=O) groups excluding carboxylic acids is 1. The molecule has 1 aromatic rings. The number of hydrogen-bond acceptors (Lipinski definition) is 5. The molecule has 4 nitrogen and oxygen atoms in total. The summed E-state index contributed by atoms with van der Waals surface area (Å²) in [5, 5.41) is 0. The summed E-state index contributed by atoms with van der Waals surface area (Å²) < 4.78 is 11.1. The molecule has 2 heterocycles. The van der Waals surface area contributed by atoms with Gasteiger partial charge in [0.15, 0.2) is 6.10 Å². The Morgan fingerprint density at radius 2 is 2.39 bits per heavy atom. The monoisotopic (exact) mass is 289 g/mol. The van der Waals surface area contributed by atoms with Crippen LogP contribution in [0, 0.1) is 0 Å². The van der Waals surface area contributed by atoms with Gasteiger partial charge in [0.25, 0.3) is 0 Å². The molecule has 0 aromatic carbocycles. The number of hydrogen-bond donors (Lipinski definition) is 0. The van der Waals surface area contributed by atoms with E-state index in [4.69, 9.17) is 21.1 Å². The first-order chi connectivity index (χ1) is 8.58. The Labute approximate surface area is 115 Å². The lowest BCUT2D eigenvalue weighted by Crippen LogP contribution is -2.49. The zero-order valence-corrected chi connectivity index (χ0v) is 12.0. The standard InChI is InChI=1S/C12H16ClNO3S/c1-8-5-14(6-9-3-4-11(13)18-9)7-10(17-8)12(15)16-2/h3-4,8,10H,5-7H2,1-2H3/t8-,10?/m1/s1. The summed E-state index contributed by atoms with van der Waals surface area (Å²) in [5.74, 6) is -0.309. The van der Waals surface area contributed by atoms with Crippen LogP contribution in [-0.2, 0) is 20.8 Å². The van der Waals surface area contributed by atoms with E-state index in [9.17, 15) is 4.79 Å². The van der Waals surface area contributed by atoms with Crippen molar-refractivity contribution in [2.45, 2.75) is 25.7 Å². The molecule has 1 saturated heterocycles. The predicted octanol–water partition coefficient (Wildman–Crippen LogP) is 2.16. The van der Waals surface area contributed by atoms with Gasteiger partial charge in [-0.2, -0.15) is 0 Å². The molecule has 0 amide bonds. The fourth-order valence-corrected chi connectivity index (χ4v) is 3.22. The number of rotatable bonds is 3. The van der Waals surface area contributed by atoms with Crippen molar-refractivity contribution in [1.82, 2.24) is 4.90 Å². The molecule has 2 rings (SSSR count). The molecule has 0 N–H and O–H groups in total. The molecule has 0 aliphatic carbocycles. The van der Waals surface area contributed by atoms with Crippen molar-refractivity contribution in [2.24, 2.45) is 0 Å². The Morgan fingerprint density at radius 3 is 3.00 bits per heavy atom. The van der Waals surface area contributed by atoms with Crippen molar-refractivity contribution in [3.63, 3.8) is 0 Å². The van der Waals surface area contributed by atoms with Crippen LogP contribution in [0.3, 0.4) is 0 Å². The summed E-state index contributed by atoms with van der Waals surface area (Å²) in [7, 11) is 1.38. The highest BCUT2D eigenvalue weighted by Gasteiger charge is 2.31. The molecule has 1 unspecified atom stereocenters. The molecule has 1 aliphatic heterocycles. The van der Waals surface area contributed by atoms with Gasteiger partial charge in [0.1, 0.15) is 0 Å². The van der Waals surface area contributed by atoms with Crippen LogP contribution >= 0.6 is 22.9 Å². The van der Waals surface area contributed by atoms with Gasteiger partial charge < -0.3 is 9.47 Å². The normalized spacial score (nSPS) is 25.1. The quantitative estimate of drug-likeness (QED) is 0.800. The third-order valence-corrected chi connectivity index (χ3v) is 4.02. The first-order valence-electron chi connectivity index (χ1n) is 5.78. The van der Waals surface area contributed by atoms with E-state index in [2.05, 4.69) is 4.90 Å². The van der Waals surface area contributed by atoms with E-state index in [0.717, 1.165) is 17.4 Å². The Hall–Kier alpha value is -0.620. The molecule has 0 bridgehead atoms. The van der Waals surface area contributed by atoms with Crippen LogP contribution in [-0.4, -0.2) is 43.3 Å². The smallest absolute Gasteiger partial charge is 0.336 e. The predicted molar refractivity (Wildman–Crippen MR) is 71.0 cm³/mol. The number of methoxy groups -OCH3 is 1. The van der Waals surface area contributed by atoms with Crippen molar-refractivity contribution in [3.05, 3.63) is 21.3 Å². The van der Waals surface area contributed by atoms with E-state index in [1.54, 1.807) is 11.3 Å². The van der Waals surface area contributed by atoms with E-state index in [0.29, 0.717) is 6.54 Å². The minimum atomic E-state index is -0.491. The highest BCUT2D eigenvalue weighted by Crippen LogP contribution is 2.24. The van der Waals surface area contributed by atoms with E-state index < -0.39 is 6.10 Å². The van der Waals surface area contributed by atoms with Crippen molar-refractivity contribution >= 4 is 28.9 Å². The van der Waals surface area contributed by atoms with Gasteiger partial charge in [-0.3, -0.25) is 4.90 Å². The topological polar surface area (TPSA) is 38.8 Å². The summed E-state index contributed by atoms with van der Waals surface area (Å²) in [6.07, 6.45) is -0.465. The summed E-state index contributed by atoms with van der Waals surface area (Å²) >= 11 is 7.47. The molecular weight excluding hydrogens is 274 g/mol. The van der Waals surface area contributed by atoms with E-state index >= 15 is 0 Å². The van der Waals surface area contributed by atoms with Crippen LogP contribution in [0.1, 0.15) is 11.8 Å². The van der Waals surface area contributed by atoms with Crippen LogP contribution in [0.15, 0.2) is 12.1 Å². The molecule has 100 valence electrons. The van der Waals surface area contributed by atoms with Gasteiger partial charge in [-0.15, -0.1) is 11.3 Å². The van der Waals surface area contributed by atoms with E-state index in [1.165, 1.54) is 12.0 Å². The lowest BCUT2D eigenvalue weighted by atomic mass is 10.2.